The van der Waals surface area contributed by atoms with Crippen LogP contribution in [0.25, 0.3) is 0 Å². The molecular formula is C13H33N. The summed E-state index contributed by atoms with van der Waals surface area (Å²) in [7, 11) is 0. The average Bonchev–Trinajstić information content (AvgIpc) is 2.33. The highest BCUT2D eigenvalue weighted by molar-refractivity contribution is 4.43. The Kier molecular flexibility index (Phi) is 89.8. The molecule has 0 aliphatic rings. The number of rotatable bonds is 5. The average molecular weight is 203 g/mol. The highest BCUT2D eigenvalue weighted by Gasteiger charge is 1.80. The normalized spacial score (nSPS) is 6.71. The van der Waals surface area contributed by atoms with Crippen molar-refractivity contribution < 1.29 is 0 Å². The van der Waals surface area contributed by atoms with Crippen molar-refractivity contribution in [3.8, 4) is 0 Å². The molecule has 1 N–H and O–H groups in total. The molecule has 0 radical (unpaired) electrons. The molecule has 1 heteroatoms. The molecule has 0 aromatic carbocycles. The molecule has 0 aliphatic heterocycles. The SMILES string of the molecule is C=C.CC.CC.CCCCNCCC. The van der Waals surface area contributed by atoms with E-state index in [4.69, 9.17) is 0 Å². The molecule has 0 aromatic rings. The minimum Gasteiger partial charge on any atom is -0.317 e. The molecule has 0 atom stereocenters. The molecule has 0 fully saturated rings. The highest BCUT2D eigenvalue weighted by atomic mass is 14.8. The predicted molar refractivity (Wildman–Crippen MR) is 72.0 cm³/mol. The molecule has 0 bridgehead atoms. The van der Waals surface area contributed by atoms with Gasteiger partial charge in [0.1, 0.15) is 0 Å². The Balaban J connectivity index is -0.0000000708. The largest absolute Gasteiger partial charge is 0.317 e. The first kappa shape index (κ1) is 23.5. The van der Waals surface area contributed by atoms with Crippen molar-refractivity contribution in [3.63, 3.8) is 0 Å². The Morgan fingerprint density at radius 2 is 1.21 bits per heavy atom. The van der Waals surface area contributed by atoms with Crippen LogP contribution < -0.4 is 5.32 Å². The van der Waals surface area contributed by atoms with Gasteiger partial charge in [-0.25, -0.2) is 0 Å². The second-order valence-corrected chi connectivity index (χ2v) is 2.10. The molecule has 0 aliphatic carbocycles. The summed E-state index contributed by atoms with van der Waals surface area (Å²) in [4.78, 5) is 0. The Hall–Kier alpha value is -0.300. The third-order valence-corrected chi connectivity index (χ3v) is 1.13. The van der Waals surface area contributed by atoms with Crippen molar-refractivity contribution >= 4 is 0 Å². The number of hydrogen-bond acceptors (Lipinski definition) is 1. The summed E-state index contributed by atoms with van der Waals surface area (Å²) < 4.78 is 0. The van der Waals surface area contributed by atoms with Crippen LogP contribution in [0.1, 0.15) is 60.8 Å². The molecule has 1 nitrogen and oxygen atoms in total. The van der Waals surface area contributed by atoms with Crippen LogP contribution in [-0.2, 0) is 0 Å². The van der Waals surface area contributed by atoms with E-state index >= 15 is 0 Å². The van der Waals surface area contributed by atoms with Gasteiger partial charge in [0.2, 0.25) is 0 Å². The van der Waals surface area contributed by atoms with Crippen LogP contribution in [0, 0.1) is 0 Å². The minimum absolute atomic E-state index is 1.18. The van der Waals surface area contributed by atoms with Gasteiger partial charge in [-0.3, -0.25) is 0 Å². The summed E-state index contributed by atoms with van der Waals surface area (Å²) in [6.07, 6.45) is 3.88. The standard InChI is InChI=1S/C7H17N.2C2H6.C2H4/c1-3-5-7-8-6-4-2;3*1-2/h8H,3-7H2,1-2H3;2*1-2H3;1-2H2. The maximum Gasteiger partial charge on any atom is -0.00490 e. The summed E-state index contributed by atoms with van der Waals surface area (Å²) in [5.74, 6) is 0. The van der Waals surface area contributed by atoms with E-state index in [0.717, 1.165) is 0 Å². The highest BCUT2D eigenvalue weighted by Crippen LogP contribution is 1.81. The lowest BCUT2D eigenvalue weighted by atomic mass is 10.3. The van der Waals surface area contributed by atoms with Gasteiger partial charge in [0.15, 0.2) is 0 Å². The molecule has 0 amide bonds. The molecule has 0 saturated heterocycles. The molecule has 14 heavy (non-hydrogen) atoms. The van der Waals surface area contributed by atoms with Crippen molar-refractivity contribution in [1.29, 1.82) is 0 Å². The Morgan fingerprint density at radius 3 is 1.50 bits per heavy atom. The van der Waals surface area contributed by atoms with Gasteiger partial charge in [0.05, 0.1) is 0 Å². The van der Waals surface area contributed by atoms with E-state index in [-0.39, 0.29) is 0 Å². The van der Waals surface area contributed by atoms with Gasteiger partial charge >= 0.3 is 0 Å². The van der Waals surface area contributed by atoms with E-state index in [1.54, 1.807) is 0 Å². The lowest BCUT2D eigenvalue weighted by Gasteiger charge is -1.98. The Labute approximate surface area is 93.0 Å². The van der Waals surface area contributed by atoms with E-state index in [1.807, 2.05) is 27.7 Å². The van der Waals surface area contributed by atoms with Crippen molar-refractivity contribution in [2.75, 3.05) is 13.1 Å². The smallest absolute Gasteiger partial charge is 0.00490 e. The van der Waals surface area contributed by atoms with Gasteiger partial charge in [-0.15, -0.1) is 13.2 Å². The third-order valence-electron chi connectivity index (χ3n) is 1.13. The van der Waals surface area contributed by atoms with E-state index in [9.17, 15) is 0 Å². The second kappa shape index (κ2) is 53.5. The molecule has 0 heterocycles. The monoisotopic (exact) mass is 203 g/mol. The number of nitrogens with one attached hydrogen (secondary N) is 1. The molecular weight excluding hydrogens is 170 g/mol. The summed E-state index contributed by atoms with van der Waals surface area (Å²) in [5.41, 5.74) is 0. The van der Waals surface area contributed by atoms with Crippen LogP contribution in [0.15, 0.2) is 13.2 Å². The van der Waals surface area contributed by atoms with Crippen LogP contribution in [-0.4, -0.2) is 13.1 Å². The zero-order valence-electron chi connectivity index (χ0n) is 11.4. The van der Waals surface area contributed by atoms with E-state index in [0.29, 0.717) is 0 Å². The maximum atomic E-state index is 3.34. The van der Waals surface area contributed by atoms with Gasteiger partial charge in [-0.05, 0) is 25.9 Å². The van der Waals surface area contributed by atoms with E-state index in [2.05, 4.69) is 32.3 Å². The molecule has 0 aromatic heterocycles. The predicted octanol–water partition coefficient (Wildman–Crippen LogP) is 4.64. The fourth-order valence-corrected chi connectivity index (χ4v) is 0.604. The molecule has 90 valence electrons. The summed E-state index contributed by atoms with van der Waals surface area (Å²) in [5, 5.41) is 3.34. The van der Waals surface area contributed by atoms with Crippen LogP contribution in [0.5, 0.6) is 0 Å². The summed E-state index contributed by atoms with van der Waals surface area (Å²) in [6.45, 7) is 20.8. The van der Waals surface area contributed by atoms with Crippen LogP contribution in [0.2, 0.25) is 0 Å². The van der Waals surface area contributed by atoms with Gasteiger partial charge in [0, 0.05) is 0 Å². The van der Waals surface area contributed by atoms with Crippen molar-refractivity contribution in [3.05, 3.63) is 13.2 Å². The topological polar surface area (TPSA) is 12.0 Å². The van der Waals surface area contributed by atoms with Crippen molar-refractivity contribution in [2.24, 2.45) is 0 Å². The second-order valence-electron chi connectivity index (χ2n) is 2.10. The van der Waals surface area contributed by atoms with Gasteiger partial charge in [-0.1, -0.05) is 48.0 Å². The molecule has 0 saturated carbocycles. The zero-order valence-corrected chi connectivity index (χ0v) is 11.4. The summed E-state index contributed by atoms with van der Waals surface area (Å²) in [6, 6.07) is 0. The molecule has 0 unspecified atom stereocenters. The zero-order chi connectivity index (χ0) is 12.2. The van der Waals surface area contributed by atoms with Crippen LogP contribution in [0.3, 0.4) is 0 Å². The Bertz CT molecular complexity index is 38.5. The third kappa shape index (κ3) is 60.6. The van der Waals surface area contributed by atoms with E-state index in [1.165, 1.54) is 32.4 Å². The van der Waals surface area contributed by atoms with Crippen molar-refractivity contribution in [2.45, 2.75) is 60.8 Å². The first-order valence-electron chi connectivity index (χ1n) is 6.12. The van der Waals surface area contributed by atoms with Gasteiger partial charge in [0.25, 0.3) is 0 Å². The quantitative estimate of drug-likeness (QED) is 0.507. The van der Waals surface area contributed by atoms with Gasteiger partial charge < -0.3 is 5.32 Å². The first-order valence-corrected chi connectivity index (χ1v) is 6.12. The lowest BCUT2D eigenvalue weighted by molar-refractivity contribution is 0.633. The minimum atomic E-state index is 1.18. The summed E-state index contributed by atoms with van der Waals surface area (Å²) >= 11 is 0. The van der Waals surface area contributed by atoms with Crippen LogP contribution in [0.4, 0.5) is 0 Å². The number of unbranched alkanes of at least 4 members (excludes halogenated alkanes) is 1. The van der Waals surface area contributed by atoms with E-state index < -0.39 is 0 Å². The number of hydrogen-bond donors (Lipinski definition) is 1. The molecule has 0 rings (SSSR count). The Morgan fingerprint density at radius 1 is 0.786 bits per heavy atom. The van der Waals surface area contributed by atoms with Crippen LogP contribution >= 0.6 is 0 Å². The maximum absolute atomic E-state index is 3.34. The fraction of sp³-hybridized carbons (Fsp3) is 0.846. The molecule has 0 spiro atoms. The van der Waals surface area contributed by atoms with Crippen molar-refractivity contribution in [1.82, 2.24) is 5.32 Å². The fourth-order valence-electron chi connectivity index (χ4n) is 0.604. The van der Waals surface area contributed by atoms with Gasteiger partial charge in [-0.2, -0.15) is 0 Å². The lowest BCUT2D eigenvalue weighted by Crippen LogP contribution is -2.15. The first-order chi connectivity index (χ1) is 6.91.